The maximum atomic E-state index is 13.0. The lowest BCUT2D eigenvalue weighted by Gasteiger charge is -2.57. The van der Waals surface area contributed by atoms with Crippen molar-refractivity contribution in [1.82, 2.24) is 0 Å². The second-order valence-corrected chi connectivity index (χ2v) is 8.93. The zero-order chi connectivity index (χ0) is 18.5. The number of ether oxygens (including phenoxy) is 2. The lowest BCUT2D eigenvalue weighted by molar-refractivity contribution is -0.0277. The van der Waals surface area contributed by atoms with E-state index in [1.807, 2.05) is 0 Å². The van der Waals surface area contributed by atoms with Crippen LogP contribution < -0.4 is 9.47 Å². The van der Waals surface area contributed by atoms with Gasteiger partial charge in [-0.05, 0) is 74.4 Å². The number of phenolic OH excluding ortho intramolecular Hbond substituents is 1. The Balaban J connectivity index is 2.05. The summed E-state index contributed by atoms with van der Waals surface area (Å²) >= 11 is 6.71. The Labute approximate surface area is 164 Å². The zero-order valence-corrected chi connectivity index (χ0v) is 18.0. The minimum Gasteiger partial charge on any atom is -0.506 e. The van der Waals surface area contributed by atoms with Crippen molar-refractivity contribution in [2.24, 2.45) is 17.3 Å². The first kappa shape index (κ1) is 18.8. The highest BCUT2D eigenvalue weighted by atomic mass is 79.9. The molecule has 0 radical (unpaired) electrons. The number of rotatable bonds is 4. The standard InChI is InChI=1S/C19H22Br2O4/c1-19(2)10-6-5-9(11(19)8-10)7-12(22)13-16(23)14(20)18(25-4)15(21)17(13)24-3/h7,10-11,23H,5-6,8H2,1-4H3/b9-7-/t10-,11-/m1/s1. The van der Waals surface area contributed by atoms with Gasteiger partial charge in [0.25, 0.3) is 0 Å². The first-order valence-corrected chi connectivity index (χ1v) is 9.89. The maximum absolute atomic E-state index is 13.0. The third-order valence-corrected chi connectivity index (χ3v) is 7.40. The molecule has 0 unspecified atom stereocenters. The van der Waals surface area contributed by atoms with E-state index in [1.165, 1.54) is 19.8 Å². The van der Waals surface area contributed by atoms with Crippen molar-refractivity contribution in [1.29, 1.82) is 0 Å². The summed E-state index contributed by atoms with van der Waals surface area (Å²) in [5.41, 5.74) is 1.59. The minimum absolute atomic E-state index is 0.147. The van der Waals surface area contributed by atoms with E-state index in [0.717, 1.165) is 25.2 Å². The van der Waals surface area contributed by atoms with Gasteiger partial charge in [-0.3, -0.25) is 4.79 Å². The molecule has 0 saturated heterocycles. The van der Waals surface area contributed by atoms with Crippen LogP contribution in [-0.4, -0.2) is 25.1 Å². The second kappa shape index (κ2) is 6.62. The molecule has 0 spiro atoms. The molecule has 6 heteroatoms. The number of methoxy groups -OCH3 is 2. The van der Waals surface area contributed by atoms with E-state index in [9.17, 15) is 9.90 Å². The number of halogens is 2. The fraction of sp³-hybridized carbons (Fsp3) is 0.526. The summed E-state index contributed by atoms with van der Waals surface area (Å²) in [6.07, 6.45) is 4.93. The normalized spacial score (nSPS) is 25.4. The summed E-state index contributed by atoms with van der Waals surface area (Å²) in [4.78, 5) is 13.0. The molecular formula is C19H22Br2O4. The van der Waals surface area contributed by atoms with Gasteiger partial charge >= 0.3 is 0 Å². The van der Waals surface area contributed by atoms with E-state index in [0.29, 0.717) is 20.6 Å². The molecule has 3 saturated carbocycles. The number of fused-ring (bicyclic) bond motifs is 2. The SMILES string of the molecule is COc1c(Br)c(O)c(C(=O)/C=C2/CC[C@@H]3C[C@H]2C3(C)C)c(OC)c1Br. The molecule has 2 atom stereocenters. The van der Waals surface area contributed by atoms with Crippen LogP contribution in [0.15, 0.2) is 20.6 Å². The maximum Gasteiger partial charge on any atom is 0.193 e. The van der Waals surface area contributed by atoms with Crippen LogP contribution in [0, 0.1) is 17.3 Å². The number of phenols is 1. The minimum atomic E-state index is -0.241. The third kappa shape index (κ3) is 2.81. The van der Waals surface area contributed by atoms with Crippen molar-refractivity contribution in [3.8, 4) is 17.2 Å². The summed E-state index contributed by atoms with van der Waals surface area (Å²) < 4.78 is 11.5. The Kier molecular flexibility index (Phi) is 4.97. The zero-order valence-electron chi connectivity index (χ0n) is 14.8. The number of allylic oxidation sites excluding steroid dienone is 2. The Morgan fingerprint density at radius 3 is 2.36 bits per heavy atom. The molecule has 136 valence electrons. The van der Waals surface area contributed by atoms with Crippen molar-refractivity contribution in [2.45, 2.75) is 33.1 Å². The Bertz CT molecular complexity index is 765. The number of carbonyl (C=O) groups is 1. The molecular weight excluding hydrogens is 452 g/mol. The number of aromatic hydroxyl groups is 1. The van der Waals surface area contributed by atoms with E-state index in [-0.39, 0.29) is 28.3 Å². The van der Waals surface area contributed by atoms with Crippen molar-refractivity contribution < 1.29 is 19.4 Å². The number of ketones is 1. The number of hydrogen-bond acceptors (Lipinski definition) is 4. The average molecular weight is 474 g/mol. The van der Waals surface area contributed by atoms with Crippen LogP contribution in [-0.2, 0) is 0 Å². The molecule has 4 rings (SSSR count). The number of hydrogen-bond donors (Lipinski definition) is 1. The second-order valence-electron chi connectivity index (χ2n) is 7.35. The van der Waals surface area contributed by atoms with Crippen molar-refractivity contribution in [2.75, 3.05) is 14.2 Å². The lowest BCUT2D eigenvalue weighted by Crippen LogP contribution is -2.49. The van der Waals surface area contributed by atoms with Gasteiger partial charge in [-0.2, -0.15) is 0 Å². The molecule has 0 aromatic heterocycles. The largest absolute Gasteiger partial charge is 0.506 e. The molecule has 1 N–H and O–H groups in total. The topological polar surface area (TPSA) is 55.8 Å². The van der Waals surface area contributed by atoms with Gasteiger partial charge in [0.15, 0.2) is 17.3 Å². The summed E-state index contributed by atoms with van der Waals surface area (Å²) in [6.45, 7) is 4.56. The summed E-state index contributed by atoms with van der Waals surface area (Å²) in [5.74, 6) is 1.47. The van der Waals surface area contributed by atoms with E-state index in [2.05, 4.69) is 45.7 Å². The van der Waals surface area contributed by atoms with Crippen LogP contribution in [0.5, 0.6) is 17.2 Å². The van der Waals surface area contributed by atoms with Crippen LogP contribution in [0.1, 0.15) is 43.5 Å². The highest BCUT2D eigenvalue weighted by Crippen LogP contribution is 2.61. The molecule has 25 heavy (non-hydrogen) atoms. The fourth-order valence-electron chi connectivity index (χ4n) is 4.30. The highest BCUT2D eigenvalue weighted by Gasteiger charge is 2.52. The van der Waals surface area contributed by atoms with E-state index >= 15 is 0 Å². The molecule has 1 aromatic rings. The summed E-state index contributed by atoms with van der Waals surface area (Å²) in [5, 5.41) is 10.5. The van der Waals surface area contributed by atoms with Crippen LogP contribution in [0.3, 0.4) is 0 Å². The molecule has 3 aliphatic rings. The van der Waals surface area contributed by atoms with Crippen LogP contribution >= 0.6 is 31.9 Å². The molecule has 3 fully saturated rings. The van der Waals surface area contributed by atoms with E-state index in [4.69, 9.17) is 9.47 Å². The molecule has 4 nitrogen and oxygen atoms in total. The van der Waals surface area contributed by atoms with Gasteiger partial charge in [0.2, 0.25) is 0 Å². The predicted octanol–water partition coefficient (Wildman–Crippen LogP) is 5.50. The number of benzene rings is 1. The smallest absolute Gasteiger partial charge is 0.193 e. The van der Waals surface area contributed by atoms with Gasteiger partial charge in [-0.15, -0.1) is 0 Å². The molecule has 1 aromatic carbocycles. The molecule has 0 amide bonds. The molecule has 0 heterocycles. The van der Waals surface area contributed by atoms with Crippen LogP contribution in [0.2, 0.25) is 0 Å². The van der Waals surface area contributed by atoms with Gasteiger partial charge in [-0.1, -0.05) is 19.4 Å². The monoisotopic (exact) mass is 472 g/mol. The number of carbonyl (C=O) groups excluding carboxylic acids is 1. The fourth-order valence-corrected chi connectivity index (χ4v) is 5.84. The molecule has 3 aliphatic carbocycles. The van der Waals surface area contributed by atoms with Crippen molar-refractivity contribution in [3.05, 3.63) is 26.2 Å². The van der Waals surface area contributed by atoms with Crippen LogP contribution in [0.25, 0.3) is 0 Å². The molecule has 2 bridgehead atoms. The predicted molar refractivity (Wildman–Crippen MR) is 104 cm³/mol. The quantitative estimate of drug-likeness (QED) is 0.463. The highest BCUT2D eigenvalue weighted by molar-refractivity contribution is 9.11. The van der Waals surface area contributed by atoms with Gasteiger partial charge < -0.3 is 14.6 Å². The van der Waals surface area contributed by atoms with Gasteiger partial charge in [0, 0.05) is 0 Å². The average Bonchev–Trinajstić information content (AvgIpc) is 2.58. The van der Waals surface area contributed by atoms with Crippen molar-refractivity contribution >= 4 is 37.6 Å². The summed E-state index contributed by atoms with van der Waals surface area (Å²) in [6, 6.07) is 0. The Morgan fingerprint density at radius 1 is 1.20 bits per heavy atom. The van der Waals surface area contributed by atoms with E-state index in [1.54, 1.807) is 6.08 Å². The van der Waals surface area contributed by atoms with Gasteiger partial charge in [0.1, 0.15) is 20.3 Å². The first-order chi connectivity index (χ1) is 11.7. The van der Waals surface area contributed by atoms with E-state index < -0.39 is 0 Å². The van der Waals surface area contributed by atoms with Gasteiger partial charge in [0.05, 0.1) is 14.2 Å². The summed E-state index contributed by atoms with van der Waals surface area (Å²) in [7, 11) is 2.96. The van der Waals surface area contributed by atoms with Gasteiger partial charge in [-0.25, -0.2) is 0 Å². The first-order valence-electron chi connectivity index (χ1n) is 8.30. The third-order valence-electron chi connectivity index (χ3n) is 5.94. The Hall–Kier alpha value is -1.01. The van der Waals surface area contributed by atoms with Crippen LogP contribution in [0.4, 0.5) is 0 Å². The van der Waals surface area contributed by atoms with Crippen molar-refractivity contribution in [3.63, 3.8) is 0 Å². The Morgan fingerprint density at radius 2 is 1.84 bits per heavy atom. The lowest BCUT2D eigenvalue weighted by atomic mass is 9.47. The molecule has 0 aliphatic heterocycles.